The molecule has 0 aliphatic rings. The predicted molar refractivity (Wildman–Crippen MR) is 63.6 cm³/mol. The number of hydrogen-bond donors (Lipinski definition) is 1. The van der Waals surface area contributed by atoms with Crippen LogP contribution in [0.1, 0.15) is 6.42 Å². The molecule has 6 nitrogen and oxygen atoms in total. The molecule has 0 aromatic heterocycles. The number of rotatable bonds is 6. The van der Waals surface area contributed by atoms with Gasteiger partial charge in [-0.15, -0.1) is 11.6 Å². The van der Waals surface area contributed by atoms with Crippen LogP contribution in [0.4, 0.5) is 10.1 Å². The van der Waals surface area contributed by atoms with Crippen molar-refractivity contribution in [2.24, 2.45) is 0 Å². The summed E-state index contributed by atoms with van der Waals surface area (Å²) in [5.74, 6) is -0.616. The first-order valence-electron chi connectivity index (χ1n) is 4.88. The Labute approximate surface area is 108 Å². The minimum Gasteiger partial charge on any atom is -0.258 e. The van der Waals surface area contributed by atoms with Gasteiger partial charge >= 0.3 is 0 Å². The van der Waals surface area contributed by atoms with Crippen molar-refractivity contribution in [3.05, 3.63) is 34.1 Å². The van der Waals surface area contributed by atoms with Gasteiger partial charge in [-0.05, 0) is 18.6 Å². The van der Waals surface area contributed by atoms with Crippen molar-refractivity contribution in [3.63, 3.8) is 0 Å². The number of halogens is 2. The maximum Gasteiger partial charge on any atom is 0.292 e. The smallest absolute Gasteiger partial charge is 0.258 e. The number of alkyl halides is 1. The van der Waals surface area contributed by atoms with E-state index < -0.39 is 31.3 Å². The van der Waals surface area contributed by atoms with Crippen molar-refractivity contribution >= 4 is 27.3 Å². The van der Waals surface area contributed by atoms with E-state index in [-0.39, 0.29) is 12.4 Å². The summed E-state index contributed by atoms with van der Waals surface area (Å²) < 4.78 is 38.5. The highest BCUT2D eigenvalue weighted by atomic mass is 35.5. The van der Waals surface area contributed by atoms with Crippen LogP contribution in [0.15, 0.2) is 23.1 Å². The summed E-state index contributed by atoms with van der Waals surface area (Å²) in [5, 5.41) is 10.7. The van der Waals surface area contributed by atoms with Gasteiger partial charge in [0.25, 0.3) is 5.69 Å². The number of sulfonamides is 1. The minimum atomic E-state index is -4.04. The highest BCUT2D eigenvalue weighted by molar-refractivity contribution is 7.89. The number of nitro groups is 1. The van der Waals surface area contributed by atoms with E-state index in [2.05, 4.69) is 4.72 Å². The maximum atomic E-state index is 12.9. The Kier molecular flexibility index (Phi) is 5.00. The summed E-state index contributed by atoms with van der Waals surface area (Å²) >= 11 is 5.39. The van der Waals surface area contributed by atoms with Crippen molar-refractivity contribution in [2.75, 3.05) is 12.4 Å². The van der Waals surface area contributed by atoms with Gasteiger partial charge in [0.15, 0.2) is 4.90 Å². The number of nitro benzene ring substituents is 1. The molecule has 1 N–H and O–H groups in total. The second kappa shape index (κ2) is 6.07. The van der Waals surface area contributed by atoms with E-state index in [1.165, 1.54) is 0 Å². The second-order valence-corrected chi connectivity index (χ2v) is 5.42. The molecule has 1 aromatic rings. The molecule has 0 fully saturated rings. The minimum absolute atomic E-state index is 0.0559. The molecule has 1 aromatic carbocycles. The van der Waals surface area contributed by atoms with Gasteiger partial charge in [0.1, 0.15) is 5.82 Å². The van der Waals surface area contributed by atoms with Gasteiger partial charge in [-0.1, -0.05) is 0 Å². The number of benzene rings is 1. The van der Waals surface area contributed by atoms with Gasteiger partial charge in [-0.2, -0.15) is 0 Å². The molecular weight excluding hydrogens is 287 g/mol. The second-order valence-electron chi connectivity index (χ2n) is 3.31. The molecule has 18 heavy (non-hydrogen) atoms. The molecule has 0 aliphatic heterocycles. The molecular formula is C9H10ClFN2O4S. The SMILES string of the molecule is O=[N+]([O-])c1cc(F)ccc1S(=O)(=O)NCCCCl. The third-order valence-corrected chi connectivity index (χ3v) is 3.79. The molecule has 0 radical (unpaired) electrons. The Balaban J connectivity index is 3.12. The fourth-order valence-electron chi connectivity index (χ4n) is 1.21. The molecule has 0 saturated carbocycles. The van der Waals surface area contributed by atoms with Gasteiger partial charge in [0.2, 0.25) is 10.0 Å². The van der Waals surface area contributed by atoms with Gasteiger partial charge in [-0.3, -0.25) is 10.1 Å². The lowest BCUT2D eigenvalue weighted by Gasteiger charge is -2.06. The molecule has 100 valence electrons. The Morgan fingerprint density at radius 1 is 1.44 bits per heavy atom. The van der Waals surface area contributed by atoms with Crippen LogP contribution in [-0.2, 0) is 10.0 Å². The van der Waals surface area contributed by atoms with E-state index in [0.717, 1.165) is 12.1 Å². The maximum absolute atomic E-state index is 12.9. The van der Waals surface area contributed by atoms with Crippen LogP contribution in [-0.4, -0.2) is 25.8 Å². The molecule has 0 amide bonds. The van der Waals surface area contributed by atoms with Crippen molar-refractivity contribution in [2.45, 2.75) is 11.3 Å². The van der Waals surface area contributed by atoms with Gasteiger partial charge < -0.3 is 0 Å². The summed E-state index contributed by atoms with van der Waals surface area (Å²) in [5.41, 5.74) is -0.798. The lowest BCUT2D eigenvalue weighted by molar-refractivity contribution is -0.388. The van der Waals surface area contributed by atoms with Gasteiger partial charge in [0.05, 0.1) is 11.0 Å². The van der Waals surface area contributed by atoms with Crippen LogP contribution in [0.2, 0.25) is 0 Å². The molecule has 0 aliphatic carbocycles. The van der Waals surface area contributed by atoms with Crippen molar-refractivity contribution in [3.8, 4) is 0 Å². The highest BCUT2D eigenvalue weighted by Gasteiger charge is 2.25. The average molecular weight is 297 g/mol. The largest absolute Gasteiger partial charge is 0.292 e. The fraction of sp³-hybridized carbons (Fsp3) is 0.333. The lowest BCUT2D eigenvalue weighted by atomic mass is 10.3. The molecule has 0 bridgehead atoms. The Hall–Kier alpha value is -1.25. The van der Waals surface area contributed by atoms with E-state index >= 15 is 0 Å². The summed E-state index contributed by atoms with van der Waals surface area (Å²) in [6.45, 7) is 0.0559. The molecule has 0 saturated heterocycles. The first-order chi connectivity index (χ1) is 8.38. The molecule has 0 unspecified atom stereocenters. The number of nitrogens with zero attached hydrogens (tertiary/aromatic N) is 1. The lowest BCUT2D eigenvalue weighted by Crippen LogP contribution is -2.25. The highest BCUT2D eigenvalue weighted by Crippen LogP contribution is 2.24. The first kappa shape index (κ1) is 14.8. The molecule has 0 atom stereocenters. The van der Waals surface area contributed by atoms with E-state index in [1.54, 1.807) is 0 Å². The Morgan fingerprint density at radius 2 is 2.11 bits per heavy atom. The Bertz CT molecular complexity index is 549. The monoisotopic (exact) mass is 296 g/mol. The van der Waals surface area contributed by atoms with E-state index in [9.17, 15) is 22.9 Å². The standard InChI is InChI=1S/C9H10ClFN2O4S/c10-4-1-5-12-18(16,17)9-3-2-7(11)6-8(9)13(14)15/h2-3,6,12H,1,4-5H2. The average Bonchev–Trinajstić information content (AvgIpc) is 2.28. The quantitative estimate of drug-likeness (QED) is 0.374. The van der Waals surface area contributed by atoms with Crippen LogP contribution < -0.4 is 4.72 Å². The zero-order chi connectivity index (χ0) is 13.8. The Morgan fingerprint density at radius 3 is 2.67 bits per heavy atom. The summed E-state index contributed by atoms with van der Waals surface area (Å²) in [7, 11) is -4.04. The van der Waals surface area contributed by atoms with Crippen LogP contribution in [0.3, 0.4) is 0 Å². The number of hydrogen-bond acceptors (Lipinski definition) is 4. The van der Waals surface area contributed by atoms with E-state index in [4.69, 9.17) is 11.6 Å². The zero-order valence-corrected chi connectivity index (χ0v) is 10.7. The van der Waals surface area contributed by atoms with Gasteiger partial charge in [-0.25, -0.2) is 17.5 Å². The molecule has 1 rings (SSSR count). The first-order valence-corrected chi connectivity index (χ1v) is 6.90. The summed E-state index contributed by atoms with van der Waals surface area (Å²) in [4.78, 5) is 9.16. The normalized spacial score (nSPS) is 11.4. The zero-order valence-electron chi connectivity index (χ0n) is 9.10. The third kappa shape index (κ3) is 3.62. The van der Waals surface area contributed by atoms with Crippen LogP contribution >= 0.6 is 11.6 Å². The van der Waals surface area contributed by atoms with Crippen molar-refractivity contribution in [1.82, 2.24) is 4.72 Å². The molecule has 0 spiro atoms. The predicted octanol–water partition coefficient (Wildman–Crippen LogP) is 1.64. The fourth-order valence-corrected chi connectivity index (χ4v) is 2.57. The van der Waals surface area contributed by atoms with Crippen LogP contribution in [0, 0.1) is 15.9 Å². The van der Waals surface area contributed by atoms with E-state index in [1.807, 2.05) is 0 Å². The number of nitrogens with one attached hydrogen (secondary N) is 1. The van der Waals surface area contributed by atoms with Crippen molar-refractivity contribution in [1.29, 1.82) is 0 Å². The van der Waals surface area contributed by atoms with Crippen molar-refractivity contribution < 1.29 is 17.7 Å². The van der Waals surface area contributed by atoms with E-state index in [0.29, 0.717) is 12.5 Å². The third-order valence-electron chi connectivity index (χ3n) is 2.01. The molecule has 9 heteroatoms. The molecule has 0 heterocycles. The van der Waals surface area contributed by atoms with Gasteiger partial charge in [0, 0.05) is 12.4 Å². The summed E-state index contributed by atoms with van der Waals surface area (Å²) in [6, 6.07) is 2.27. The topological polar surface area (TPSA) is 89.3 Å². The van der Waals surface area contributed by atoms with Crippen LogP contribution in [0.5, 0.6) is 0 Å². The van der Waals surface area contributed by atoms with Crippen LogP contribution in [0.25, 0.3) is 0 Å². The summed E-state index contributed by atoms with van der Waals surface area (Å²) in [6.07, 6.45) is 0.385.